The Morgan fingerprint density at radius 1 is 1.44 bits per heavy atom. The van der Waals surface area contributed by atoms with Crippen molar-refractivity contribution < 1.29 is 14.3 Å². The van der Waals surface area contributed by atoms with Crippen molar-refractivity contribution in [2.75, 3.05) is 32.9 Å². The molecule has 5 nitrogen and oxygen atoms in total. The molecule has 0 aromatic carbocycles. The lowest BCUT2D eigenvalue weighted by Crippen LogP contribution is -2.54. The van der Waals surface area contributed by atoms with Crippen molar-refractivity contribution in [3.8, 4) is 0 Å². The number of carbonyl (C=O) groups excluding carboxylic acids is 1. The van der Waals surface area contributed by atoms with Gasteiger partial charge in [-0.15, -0.1) is 0 Å². The number of ether oxygens (including phenoxy) is 2. The zero-order valence-corrected chi connectivity index (χ0v) is 9.70. The smallest absolute Gasteiger partial charge is 0.251 e. The number of piperidine rings is 1. The van der Waals surface area contributed by atoms with Crippen LogP contribution in [-0.4, -0.2) is 51.0 Å². The SMILES string of the molecule is CC1CCNCC1NC(=O)C1COCCO1. The molecule has 0 spiro atoms. The van der Waals surface area contributed by atoms with Gasteiger partial charge in [-0.1, -0.05) is 6.92 Å². The molecule has 5 heteroatoms. The topological polar surface area (TPSA) is 59.6 Å². The van der Waals surface area contributed by atoms with Gasteiger partial charge in [0.1, 0.15) is 0 Å². The van der Waals surface area contributed by atoms with E-state index in [2.05, 4.69) is 17.6 Å². The van der Waals surface area contributed by atoms with Gasteiger partial charge in [0.15, 0.2) is 6.10 Å². The van der Waals surface area contributed by atoms with Gasteiger partial charge in [-0.25, -0.2) is 0 Å². The standard InChI is InChI=1S/C11H20N2O3/c1-8-2-3-12-6-9(8)13-11(14)10-7-15-4-5-16-10/h8-10,12H,2-7H2,1H3,(H,13,14). The summed E-state index contributed by atoms with van der Waals surface area (Å²) in [4.78, 5) is 11.9. The van der Waals surface area contributed by atoms with E-state index in [-0.39, 0.29) is 11.9 Å². The molecule has 92 valence electrons. The second-order valence-corrected chi connectivity index (χ2v) is 4.52. The second kappa shape index (κ2) is 5.61. The lowest BCUT2D eigenvalue weighted by molar-refractivity contribution is -0.148. The van der Waals surface area contributed by atoms with Gasteiger partial charge in [0.25, 0.3) is 5.91 Å². The summed E-state index contributed by atoms with van der Waals surface area (Å²) in [5.41, 5.74) is 0. The number of amides is 1. The third-order valence-electron chi connectivity index (χ3n) is 3.26. The van der Waals surface area contributed by atoms with Gasteiger partial charge in [-0.2, -0.15) is 0 Å². The Morgan fingerprint density at radius 3 is 3.00 bits per heavy atom. The first kappa shape index (κ1) is 11.8. The average molecular weight is 228 g/mol. The zero-order chi connectivity index (χ0) is 11.4. The molecule has 2 aliphatic rings. The van der Waals surface area contributed by atoms with Crippen LogP contribution in [0.4, 0.5) is 0 Å². The van der Waals surface area contributed by atoms with E-state index in [1.807, 2.05) is 0 Å². The van der Waals surface area contributed by atoms with E-state index >= 15 is 0 Å². The van der Waals surface area contributed by atoms with Crippen molar-refractivity contribution in [1.29, 1.82) is 0 Å². The maximum Gasteiger partial charge on any atom is 0.251 e. The molecule has 0 aromatic rings. The second-order valence-electron chi connectivity index (χ2n) is 4.52. The van der Waals surface area contributed by atoms with Crippen LogP contribution in [0, 0.1) is 5.92 Å². The zero-order valence-electron chi connectivity index (χ0n) is 9.70. The number of hydrogen-bond donors (Lipinski definition) is 2. The number of carbonyl (C=O) groups is 1. The number of hydrogen-bond acceptors (Lipinski definition) is 4. The highest BCUT2D eigenvalue weighted by Gasteiger charge is 2.28. The van der Waals surface area contributed by atoms with Gasteiger partial charge in [0.2, 0.25) is 0 Å². The van der Waals surface area contributed by atoms with Crippen molar-refractivity contribution in [2.24, 2.45) is 5.92 Å². The summed E-state index contributed by atoms with van der Waals surface area (Å²) < 4.78 is 10.6. The first-order chi connectivity index (χ1) is 7.77. The summed E-state index contributed by atoms with van der Waals surface area (Å²) in [6.45, 7) is 5.53. The van der Waals surface area contributed by atoms with Crippen molar-refractivity contribution in [3.63, 3.8) is 0 Å². The van der Waals surface area contributed by atoms with Crippen molar-refractivity contribution >= 4 is 5.91 Å². The summed E-state index contributed by atoms with van der Waals surface area (Å²) in [7, 11) is 0. The summed E-state index contributed by atoms with van der Waals surface area (Å²) in [5, 5.41) is 6.32. The Bertz CT molecular complexity index is 241. The molecular formula is C11H20N2O3. The van der Waals surface area contributed by atoms with Crippen LogP contribution >= 0.6 is 0 Å². The molecule has 0 bridgehead atoms. The summed E-state index contributed by atoms with van der Waals surface area (Å²) in [6, 6.07) is 0.215. The minimum absolute atomic E-state index is 0.0414. The fraction of sp³-hybridized carbons (Fsp3) is 0.909. The Kier molecular flexibility index (Phi) is 4.15. The summed E-state index contributed by atoms with van der Waals surface area (Å²) in [5.74, 6) is 0.481. The lowest BCUT2D eigenvalue weighted by atomic mass is 9.94. The molecule has 2 fully saturated rings. The van der Waals surface area contributed by atoms with Crippen LogP contribution in [0.5, 0.6) is 0 Å². The van der Waals surface area contributed by atoms with E-state index in [4.69, 9.17) is 9.47 Å². The van der Waals surface area contributed by atoms with Gasteiger partial charge in [-0.05, 0) is 18.9 Å². The fourth-order valence-electron chi connectivity index (χ4n) is 2.10. The molecule has 2 heterocycles. The molecule has 0 aliphatic carbocycles. The van der Waals surface area contributed by atoms with Crippen LogP contribution in [0.1, 0.15) is 13.3 Å². The Labute approximate surface area is 95.9 Å². The van der Waals surface area contributed by atoms with E-state index in [0.717, 1.165) is 19.5 Å². The first-order valence-corrected chi connectivity index (χ1v) is 5.98. The van der Waals surface area contributed by atoms with Gasteiger partial charge < -0.3 is 20.1 Å². The fourth-order valence-corrected chi connectivity index (χ4v) is 2.10. The van der Waals surface area contributed by atoms with Crippen molar-refractivity contribution in [3.05, 3.63) is 0 Å². The molecule has 3 atom stereocenters. The van der Waals surface area contributed by atoms with E-state index in [0.29, 0.717) is 25.7 Å². The first-order valence-electron chi connectivity index (χ1n) is 5.98. The minimum atomic E-state index is -0.428. The van der Waals surface area contributed by atoms with Crippen LogP contribution in [-0.2, 0) is 14.3 Å². The molecule has 0 aromatic heterocycles. The van der Waals surface area contributed by atoms with Crippen LogP contribution in [0.3, 0.4) is 0 Å². The van der Waals surface area contributed by atoms with E-state index < -0.39 is 6.10 Å². The molecule has 16 heavy (non-hydrogen) atoms. The normalized spacial score (nSPS) is 35.7. The van der Waals surface area contributed by atoms with Crippen molar-refractivity contribution in [2.45, 2.75) is 25.5 Å². The van der Waals surface area contributed by atoms with E-state index in [1.165, 1.54) is 0 Å². The third kappa shape index (κ3) is 2.93. The highest BCUT2D eigenvalue weighted by atomic mass is 16.6. The highest BCUT2D eigenvalue weighted by molar-refractivity contribution is 5.81. The van der Waals surface area contributed by atoms with Gasteiger partial charge in [0, 0.05) is 12.6 Å². The molecule has 0 saturated carbocycles. The average Bonchev–Trinajstić information content (AvgIpc) is 2.33. The molecule has 2 rings (SSSR count). The largest absolute Gasteiger partial charge is 0.376 e. The molecule has 3 unspecified atom stereocenters. The van der Waals surface area contributed by atoms with Crippen molar-refractivity contribution in [1.82, 2.24) is 10.6 Å². The van der Waals surface area contributed by atoms with Crippen LogP contribution < -0.4 is 10.6 Å². The maximum atomic E-state index is 11.9. The highest BCUT2D eigenvalue weighted by Crippen LogP contribution is 2.12. The Balaban J connectivity index is 1.80. The molecule has 2 N–H and O–H groups in total. The van der Waals surface area contributed by atoms with Gasteiger partial charge >= 0.3 is 0 Å². The Hall–Kier alpha value is -0.650. The number of rotatable bonds is 2. The monoisotopic (exact) mass is 228 g/mol. The third-order valence-corrected chi connectivity index (χ3v) is 3.26. The quantitative estimate of drug-likeness (QED) is 0.670. The van der Waals surface area contributed by atoms with E-state index in [1.54, 1.807) is 0 Å². The summed E-state index contributed by atoms with van der Waals surface area (Å²) >= 11 is 0. The van der Waals surface area contributed by atoms with Gasteiger partial charge in [0.05, 0.1) is 19.8 Å². The maximum absolute atomic E-state index is 11.9. The molecule has 0 radical (unpaired) electrons. The van der Waals surface area contributed by atoms with Gasteiger partial charge in [-0.3, -0.25) is 4.79 Å². The van der Waals surface area contributed by atoms with Crippen LogP contribution in [0.25, 0.3) is 0 Å². The molecular weight excluding hydrogens is 208 g/mol. The Morgan fingerprint density at radius 2 is 2.31 bits per heavy atom. The molecule has 1 amide bonds. The minimum Gasteiger partial charge on any atom is -0.376 e. The predicted molar refractivity (Wildman–Crippen MR) is 59.1 cm³/mol. The van der Waals surface area contributed by atoms with Crippen LogP contribution in [0.2, 0.25) is 0 Å². The van der Waals surface area contributed by atoms with E-state index in [9.17, 15) is 4.79 Å². The lowest BCUT2D eigenvalue weighted by Gasteiger charge is -2.32. The number of nitrogens with one attached hydrogen (secondary N) is 2. The molecule has 2 aliphatic heterocycles. The summed E-state index contributed by atoms with van der Waals surface area (Å²) in [6.07, 6.45) is 0.676. The predicted octanol–water partition coefficient (Wildman–Crippen LogP) is -0.484. The van der Waals surface area contributed by atoms with Crippen LogP contribution in [0.15, 0.2) is 0 Å². The molecule has 2 saturated heterocycles.